The maximum Gasteiger partial charge on any atom is 0.344 e. The van der Waals surface area contributed by atoms with Crippen LogP contribution in [0.3, 0.4) is 0 Å². The molecule has 1 saturated carbocycles. The summed E-state index contributed by atoms with van der Waals surface area (Å²) in [5.41, 5.74) is 2.86. The van der Waals surface area contributed by atoms with Gasteiger partial charge in [0.25, 0.3) is 0 Å². The standard InChI is InChI=1S/C28H31NO5/c1-2-27(30)33-15-8-6-4-3-5-7-14-32-26-18-25-23(19-29-26)17-24(28(31)34-25)22-11-9-10-21(16-22)20-12-13-20/h2,9-11,16-20H,1,3-8,12-15H2. The van der Waals surface area contributed by atoms with E-state index in [0.29, 0.717) is 36.2 Å². The van der Waals surface area contributed by atoms with E-state index in [2.05, 4.69) is 23.7 Å². The zero-order valence-corrected chi connectivity index (χ0v) is 19.5. The Morgan fingerprint density at radius 3 is 2.59 bits per heavy atom. The Kier molecular flexibility index (Phi) is 8.12. The number of carbonyl (C=O) groups excluding carboxylic acids is 1. The van der Waals surface area contributed by atoms with Crippen molar-refractivity contribution in [1.29, 1.82) is 0 Å². The minimum atomic E-state index is -0.363. The van der Waals surface area contributed by atoms with E-state index in [1.807, 2.05) is 18.2 Å². The van der Waals surface area contributed by atoms with Crippen molar-refractivity contribution < 1.29 is 18.7 Å². The molecular weight excluding hydrogens is 430 g/mol. The van der Waals surface area contributed by atoms with Crippen LogP contribution in [-0.4, -0.2) is 24.2 Å². The van der Waals surface area contributed by atoms with Crippen molar-refractivity contribution in [1.82, 2.24) is 4.98 Å². The normalized spacial score (nSPS) is 13.1. The van der Waals surface area contributed by atoms with E-state index < -0.39 is 0 Å². The first-order chi connectivity index (χ1) is 16.6. The third kappa shape index (κ3) is 6.56. The van der Waals surface area contributed by atoms with E-state index in [1.54, 1.807) is 12.3 Å². The van der Waals surface area contributed by atoms with Crippen LogP contribution in [0.1, 0.15) is 62.8 Å². The fraction of sp³-hybridized carbons (Fsp3) is 0.393. The summed E-state index contributed by atoms with van der Waals surface area (Å²) in [7, 11) is 0. The lowest BCUT2D eigenvalue weighted by atomic mass is 10.0. The topological polar surface area (TPSA) is 78.6 Å². The number of ether oxygens (including phenoxy) is 2. The molecule has 2 aromatic heterocycles. The Morgan fingerprint density at radius 1 is 1.06 bits per heavy atom. The van der Waals surface area contributed by atoms with Crippen molar-refractivity contribution in [2.45, 2.75) is 57.3 Å². The van der Waals surface area contributed by atoms with Gasteiger partial charge < -0.3 is 13.9 Å². The number of fused-ring (bicyclic) bond motifs is 1. The molecule has 0 spiro atoms. The molecule has 1 aliphatic rings. The van der Waals surface area contributed by atoms with Crippen molar-refractivity contribution in [3.63, 3.8) is 0 Å². The van der Waals surface area contributed by atoms with Gasteiger partial charge in [0.1, 0.15) is 5.58 Å². The monoisotopic (exact) mass is 461 g/mol. The molecule has 6 nitrogen and oxygen atoms in total. The van der Waals surface area contributed by atoms with E-state index in [1.165, 1.54) is 24.5 Å². The zero-order valence-electron chi connectivity index (χ0n) is 19.5. The van der Waals surface area contributed by atoms with Gasteiger partial charge in [-0.2, -0.15) is 0 Å². The Balaban J connectivity index is 1.24. The van der Waals surface area contributed by atoms with Crippen molar-refractivity contribution in [2.24, 2.45) is 0 Å². The maximum atomic E-state index is 12.7. The highest BCUT2D eigenvalue weighted by molar-refractivity contribution is 5.82. The molecule has 0 radical (unpaired) electrons. The lowest BCUT2D eigenvalue weighted by Crippen LogP contribution is -2.04. The molecule has 0 amide bonds. The highest BCUT2D eigenvalue weighted by Gasteiger charge is 2.23. The highest BCUT2D eigenvalue weighted by atomic mass is 16.5. The van der Waals surface area contributed by atoms with Gasteiger partial charge in [0, 0.05) is 23.7 Å². The van der Waals surface area contributed by atoms with Crippen molar-refractivity contribution in [2.75, 3.05) is 13.2 Å². The van der Waals surface area contributed by atoms with E-state index in [4.69, 9.17) is 13.9 Å². The molecule has 178 valence electrons. The summed E-state index contributed by atoms with van der Waals surface area (Å²) in [6.07, 6.45) is 11.4. The Labute approximate surface area is 199 Å². The molecule has 2 heterocycles. The molecule has 0 aliphatic heterocycles. The van der Waals surface area contributed by atoms with E-state index in [-0.39, 0.29) is 11.6 Å². The largest absolute Gasteiger partial charge is 0.478 e. The number of benzene rings is 1. The van der Waals surface area contributed by atoms with Crippen molar-refractivity contribution in [3.05, 3.63) is 71.2 Å². The van der Waals surface area contributed by atoms with Crippen molar-refractivity contribution >= 4 is 16.9 Å². The third-order valence-corrected chi connectivity index (χ3v) is 6.04. The second-order valence-corrected chi connectivity index (χ2v) is 8.75. The smallest absolute Gasteiger partial charge is 0.344 e. The first-order valence-electron chi connectivity index (χ1n) is 12.1. The van der Waals surface area contributed by atoms with Crippen LogP contribution in [-0.2, 0) is 9.53 Å². The number of hydrogen-bond donors (Lipinski definition) is 0. The zero-order chi connectivity index (χ0) is 23.8. The van der Waals surface area contributed by atoms with Gasteiger partial charge in [-0.3, -0.25) is 0 Å². The lowest BCUT2D eigenvalue weighted by molar-refractivity contribution is -0.137. The lowest BCUT2D eigenvalue weighted by Gasteiger charge is -2.08. The number of pyridine rings is 1. The summed E-state index contributed by atoms with van der Waals surface area (Å²) in [5.74, 6) is 0.726. The second kappa shape index (κ2) is 11.6. The molecule has 1 aliphatic carbocycles. The van der Waals surface area contributed by atoms with Gasteiger partial charge >= 0.3 is 11.6 Å². The predicted octanol–water partition coefficient (Wildman–Crippen LogP) is 6.18. The van der Waals surface area contributed by atoms with Gasteiger partial charge in [-0.1, -0.05) is 56.5 Å². The first kappa shape index (κ1) is 23.7. The first-order valence-corrected chi connectivity index (χ1v) is 12.1. The van der Waals surface area contributed by atoms with Gasteiger partial charge in [-0.15, -0.1) is 0 Å². The number of esters is 1. The van der Waals surface area contributed by atoms with Crippen LogP contribution in [0.25, 0.3) is 22.1 Å². The summed E-state index contributed by atoms with van der Waals surface area (Å²) >= 11 is 0. The van der Waals surface area contributed by atoms with Gasteiger partial charge in [-0.25, -0.2) is 14.6 Å². The van der Waals surface area contributed by atoms with Crippen LogP contribution < -0.4 is 10.4 Å². The van der Waals surface area contributed by atoms with Gasteiger partial charge in [-0.05, 0) is 48.8 Å². The Bertz CT molecular complexity index is 1190. The summed E-state index contributed by atoms with van der Waals surface area (Å²) < 4.78 is 16.3. The molecule has 1 fully saturated rings. The summed E-state index contributed by atoms with van der Waals surface area (Å²) in [6, 6.07) is 11.7. The SMILES string of the molecule is C=CC(=O)OCCCCCCCCOc1cc2oc(=O)c(-c3cccc(C4CC4)c3)cc2cn1. The van der Waals surface area contributed by atoms with Gasteiger partial charge in [0.2, 0.25) is 5.88 Å². The van der Waals surface area contributed by atoms with Crippen LogP contribution in [0.5, 0.6) is 5.88 Å². The van der Waals surface area contributed by atoms with Crippen LogP contribution in [0, 0.1) is 0 Å². The molecule has 6 heteroatoms. The predicted molar refractivity (Wildman–Crippen MR) is 132 cm³/mol. The molecule has 3 aromatic rings. The van der Waals surface area contributed by atoms with Crippen molar-refractivity contribution in [3.8, 4) is 17.0 Å². The van der Waals surface area contributed by atoms with E-state index in [9.17, 15) is 9.59 Å². The van der Waals surface area contributed by atoms with Gasteiger partial charge in [0.05, 0.1) is 18.8 Å². The van der Waals surface area contributed by atoms with Crippen LogP contribution in [0.2, 0.25) is 0 Å². The highest BCUT2D eigenvalue weighted by Crippen LogP contribution is 2.41. The molecule has 4 rings (SSSR count). The molecule has 1 aromatic carbocycles. The summed E-state index contributed by atoms with van der Waals surface area (Å²) in [4.78, 5) is 28.0. The molecule has 34 heavy (non-hydrogen) atoms. The summed E-state index contributed by atoms with van der Waals surface area (Å²) in [6.45, 7) is 4.38. The molecular formula is C28H31NO5. The van der Waals surface area contributed by atoms with Crippen LogP contribution >= 0.6 is 0 Å². The van der Waals surface area contributed by atoms with Gasteiger partial charge in [0.15, 0.2) is 0 Å². The summed E-state index contributed by atoms with van der Waals surface area (Å²) in [5, 5.41) is 0.776. The second-order valence-electron chi connectivity index (χ2n) is 8.75. The number of hydrogen-bond acceptors (Lipinski definition) is 6. The van der Waals surface area contributed by atoms with Crippen LogP contribution in [0.4, 0.5) is 0 Å². The van der Waals surface area contributed by atoms with Crippen LogP contribution in [0.15, 0.2) is 64.5 Å². The number of rotatable bonds is 13. The maximum absolute atomic E-state index is 12.7. The fourth-order valence-electron chi connectivity index (χ4n) is 3.97. The molecule has 0 atom stereocenters. The average Bonchev–Trinajstić information content (AvgIpc) is 3.70. The minimum absolute atomic E-state index is 0.350. The fourth-order valence-corrected chi connectivity index (χ4v) is 3.97. The number of aromatic nitrogens is 1. The molecule has 0 bridgehead atoms. The van der Waals surface area contributed by atoms with E-state index in [0.717, 1.165) is 49.5 Å². The number of carbonyl (C=O) groups is 1. The third-order valence-electron chi connectivity index (χ3n) is 6.04. The number of unbranched alkanes of at least 4 members (excludes halogenated alkanes) is 5. The Hall–Kier alpha value is -3.41. The quantitative estimate of drug-likeness (QED) is 0.172. The molecule has 0 unspecified atom stereocenters. The average molecular weight is 462 g/mol. The Morgan fingerprint density at radius 2 is 1.82 bits per heavy atom. The van der Waals surface area contributed by atoms with E-state index >= 15 is 0 Å². The molecule has 0 saturated heterocycles. The molecule has 0 N–H and O–H groups in total. The minimum Gasteiger partial charge on any atom is -0.478 e. The number of nitrogens with zero attached hydrogens (tertiary/aromatic N) is 1.